The van der Waals surface area contributed by atoms with Crippen molar-refractivity contribution in [2.75, 3.05) is 30.3 Å². The number of rotatable bonds is 9. The first-order chi connectivity index (χ1) is 16.9. The molecular weight excluding hydrogens is 499 g/mol. The number of thiazole rings is 1. The zero-order valence-electron chi connectivity index (χ0n) is 19.6. The Kier molecular flexibility index (Phi) is 6.88. The largest absolute Gasteiger partial charge is 0.374 e. The summed E-state index contributed by atoms with van der Waals surface area (Å²) < 4.78 is 27.9. The van der Waals surface area contributed by atoms with Gasteiger partial charge in [-0.05, 0) is 42.3 Å². The fourth-order valence-electron chi connectivity index (χ4n) is 4.21. The number of fused-ring (bicyclic) bond motifs is 1. The van der Waals surface area contributed by atoms with Gasteiger partial charge in [0.05, 0.1) is 17.4 Å². The summed E-state index contributed by atoms with van der Waals surface area (Å²) in [5.74, 6) is 0. The second-order valence-corrected chi connectivity index (χ2v) is 12.9. The van der Waals surface area contributed by atoms with Crippen LogP contribution in [0.25, 0.3) is 0 Å². The van der Waals surface area contributed by atoms with E-state index in [0.29, 0.717) is 9.90 Å². The van der Waals surface area contributed by atoms with E-state index in [1.807, 2.05) is 36.7 Å². The Bertz CT molecular complexity index is 1390. The second-order valence-electron chi connectivity index (χ2n) is 8.59. The number of pyridine rings is 1. The van der Waals surface area contributed by atoms with Crippen molar-refractivity contribution in [2.45, 2.75) is 29.6 Å². The summed E-state index contributed by atoms with van der Waals surface area (Å²) in [5, 5.41) is 6.35. The molecule has 0 amide bonds. The standard InChI is InChI=1S/C25H27N5O2S3/c1-29(13-11-19-8-3-4-12-26-19)17-20-16-27-25(34-20)21-15-18-7-5-9-22(24(18)28-21)30(2)35(31,32)23-10-6-14-33-23/h3-10,12,14,16,21,28H,11,13,15,17H2,1-2H3. The lowest BCUT2D eigenvalue weighted by Gasteiger charge is -2.21. The van der Waals surface area contributed by atoms with Crippen LogP contribution in [-0.4, -0.2) is 43.9 Å². The molecule has 10 heteroatoms. The molecule has 0 bridgehead atoms. The van der Waals surface area contributed by atoms with E-state index in [0.717, 1.165) is 47.9 Å². The lowest BCUT2D eigenvalue weighted by molar-refractivity contribution is 0.332. The van der Waals surface area contributed by atoms with Gasteiger partial charge in [-0.2, -0.15) is 0 Å². The van der Waals surface area contributed by atoms with Crippen LogP contribution in [0.4, 0.5) is 11.4 Å². The molecule has 0 saturated carbocycles. The summed E-state index contributed by atoms with van der Waals surface area (Å²) in [4.78, 5) is 12.6. The Morgan fingerprint density at radius 3 is 2.74 bits per heavy atom. The topological polar surface area (TPSA) is 78.4 Å². The minimum Gasteiger partial charge on any atom is -0.374 e. The Balaban J connectivity index is 1.26. The first-order valence-electron chi connectivity index (χ1n) is 11.4. The van der Waals surface area contributed by atoms with Crippen LogP contribution in [-0.2, 0) is 29.4 Å². The molecule has 0 aliphatic carbocycles. The second kappa shape index (κ2) is 10.1. The number of nitrogens with zero attached hydrogens (tertiary/aromatic N) is 4. The molecule has 0 fully saturated rings. The minimum atomic E-state index is -3.60. The molecule has 0 spiro atoms. The van der Waals surface area contributed by atoms with E-state index in [1.165, 1.54) is 20.5 Å². The molecule has 7 nitrogen and oxygen atoms in total. The molecule has 0 radical (unpaired) electrons. The van der Waals surface area contributed by atoms with Gasteiger partial charge >= 0.3 is 0 Å². The van der Waals surface area contributed by atoms with Gasteiger partial charge in [-0.25, -0.2) is 13.4 Å². The molecule has 1 aliphatic rings. The highest BCUT2D eigenvalue weighted by molar-refractivity contribution is 7.94. The molecule has 1 unspecified atom stereocenters. The highest BCUT2D eigenvalue weighted by Crippen LogP contribution is 2.42. The molecule has 1 N–H and O–H groups in total. The van der Waals surface area contributed by atoms with Crippen molar-refractivity contribution in [3.8, 4) is 0 Å². The molecule has 182 valence electrons. The number of thiophene rings is 1. The average molecular weight is 526 g/mol. The fourth-order valence-corrected chi connectivity index (χ4v) is 7.63. The molecule has 1 aromatic carbocycles. The van der Waals surface area contributed by atoms with Crippen LogP contribution in [0.2, 0.25) is 0 Å². The predicted octanol–water partition coefficient (Wildman–Crippen LogP) is 4.81. The molecule has 3 aromatic heterocycles. The molecule has 0 saturated heterocycles. The van der Waals surface area contributed by atoms with Gasteiger partial charge in [0.1, 0.15) is 9.22 Å². The third-order valence-electron chi connectivity index (χ3n) is 6.09. The van der Waals surface area contributed by atoms with Crippen molar-refractivity contribution in [1.29, 1.82) is 0 Å². The van der Waals surface area contributed by atoms with Crippen molar-refractivity contribution in [1.82, 2.24) is 14.9 Å². The Morgan fingerprint density at radius 2 is 1.97 bits per heavy atom. The maximum absolute atomic E-state index is 13.1. The SMILES string of the molecule is CN(CCc1ccccn1)Cc1cnc(C2Cc3cccc(N(C)S(=O)(=O)c4cccs4)c3N2)s1. The first kappa shape index (κ1) is 23.9. The first-order valence-corrected chi connectivity index (χ1v) is 14.5. The van der Waals surface area contributed by atoms with Gasteiger partial charge in [0.25, 0.3) is 10.0 Å². The number of para-hydroxylation sites is 1. The van der Waals surface area contributed by atoms with Gasteiger partial charge < -0.3 is 10.2 Å². The van der Waals surface area contributed by atoms with Gasteiger partial charge in [0.15, 0.2) is 0 Å². The highest BCUT2D eigenvalue weighted by atomic mass is 32.2. The monoisotopic (exact) mass is 525 g/mol. The quantitative estimate of drug-likeness (QED) is 0.338. The van der Waals surface area contributed by atoms with Gasteiger partial charge in [0.2, 0.25) is 0 Å². The number of hydrogen-bond donors (Lipinski definition) is 1. The summed E-state index contributed by atoms with van der Waals surface area (Å²) in [6.07, 6.45) is 5.47. The van der Waals surface area contributed by atoms with Crippen molar-refractivity contribution >= 4 is 44.1 Å². The Labute approximate surface area is 214 Å². The van der Waals surface area contributed by atoms with Crippen LogP contribution < -0.4 is 9.62 Å². The van der Waals surface area contributed by atoms with Crippen LogP contribution >= 0.6 is 22.7 Å². The van der Waals surface area contributed by atoms with E-state index < -0.39 is 10.0 Å². The van der Waals surface area contributed by atoms with E-state index in [4.69, 9.17) is 4.98 Å². The number of likely N-dealkylation sites (N-methyl/N-ethyl adjacent to an activating group) is 1. The normalized spacial score (nSPS) is 15.2. The highest BCUT2D eigenvalue weighted by Gasteiger charge is 2.31. The van der Waals surface area contributed by atoms with E-state index in [2.05, 4.69) is 34.4 Å². The maximum Gasteiger partial charge on any atom is 0.273 e. The summed E-state index contributed by atoms with van der Waals surface area (Å²) in [6, 6.07) is 15.3. The summed E-state index contributed by atoms with van der Waals surface area (Å²) in [5.41, 5.74) is 3.72. The number of sulfonamides is 1. The van der Waals surface area contributed by atoms with Crippen LogP contribution in [0, 0.1) is 0 Å². The van der Waals surface area contributed by atoms with Gasteiger partial charge in [-0.15, -0.1) is 22.7 Å². The smallest absolute Gasteiger partial charge is 0.273 e. The summed E-state index contributed by atoms with van der Waals surface area (Å²) >= 11 is 2.93. The van der Waals surface area contributed by atoms with Gasteiger partial charge in [-0.3, -0.25) is 9.29 Å². The average Bonchev–Trinajstić information content (AvgIpc) is 3.63. The van der Waals surface area contributed by atoms with Crippen LogP contribution in [0.1, 0.15) is 27.2 Å². The van der Waals surface area contributed by atoms with Crippen molar-refractivity contribution < 1.29 is 8.42 Å². The fraction of sp³-hybridized carbons (Fsp3) is 0.280. The van der Waals surface area contributed by atoms with E-state index >= 15 is 0 Å². The van der Waals surface area contributed by atoms with Crippen LogP contribution in [0.15, 0.2) is 70.5 Å². The molecular formula is C25H27N5O2S3. The third-order valence-corrected chi connectivity index (χ3v) is 10.3. The zero-order valence-corrected chi connectivity index (χ0v) is 22.0. The van der Waals surface area contributed by atoms with Gasteiger partial charge in [-0.1, -0.05) is 24.3 Å². The van der Waals surface area contributed by atoms with E-state index in [-0.39, 0.29) is 6.04 Å². The number of hydrogen-bond acceptors (Lipinski definition) is 8. The zero-order chi connectivity index (χ0) is 24.4. The van der Waals surface area contributed by atoms with E-state index in [9.17, 15) is 8.42 Å². The van der Waals surface area contributed by atoms with Gasteiger partial charge in [0, 0.05) is 55.9 Å². The van der Waals surface area contributed by atoms with Crippen LogP contribution in [0.5, 0.6) is 0 Å². The third kappa shape index (κ3) is 5.11. The number of benzene rings is 1. The van der Waals surface area contributed by atoms with Crippen molar-refractivity contribution in [3.63, 3.8) is 0 Å². The minimum absolute atomic E-state index is 0.0292. The number of nitrogens with one attached hydrogen (secondary N) is 1. The summed E-state index contributed by atoms with van der Waals surface area (Å²) in [6.45, 7) is 1.75. The molecule has 35 heavy (non-hydrogen) atoms. The lowest BCUT2D eigenvalue weighted by atomic mass is 10.1. The predicted molar refractivity (Wildman–Crippen MR) is 143 cm³/mol. The summed E-state index contributed by atoms with van der Waals surface area (Å²) in [7, 11) is 0.128. The van der Waals surface area contributed by atoms with Crippen molar-refractivity contribution in [2.24, 2.45) is 0 Å². The number of aromatic nitrogens is 2. The number of anilines is 2. The van der Waals surface area contributed by atoms with Crippen LogP contribution in [0.3, 0.4) is 0 Å². The maximum atomic E-state index is 13.1. The molecule has 4 aromatic rings. The molecule has 4 heterocycles. The van der Waals surface area contributed by atoms with E-state index in [1.54, 1.807) is 35.9 Å². The molecule has 5 rings (SSSR count). The molecule has 1 aliphatic heterocycles. The Morgan fingerprint density at radius 1 is 1.09 bits per heavy atom. The van der Waals surface area contributed by atoms with Crippen molar-refractivity contribution in [3.05, 3.63) is 87.4 Å². The molecule has 1 atom stereocenters. The lowest BCUT2D eigenvalue weighted by Crippen LogP contribution is -2.26. The Hall–Kier alpha value is -2.79.